The summed E-state index contributed by atoms with van der Waals surface area (Å²) in [7, 11) is 1.71. The number of hydrogen-bond donors (Lipinski definition) is 1. The molecule has 0 aromatic rings. The number of methoxy groups -OCH3 is 1. The molecule has 1 aliphatic rings. The zero-order chi connectivity index (χ0) is 10.4. The zero-order valence-electron chi connectivity index (χ0n) is 9.18. The molecule has 14 heavy (non-hydrogen) atoms. The second-order valence-corrected chi connectivity index (χ2v) is 4.31. The van der Waals surface area contributed by atoms with Crippen molar-refractivity contribution >= 4 is 0 Å². The van der Waals surface area contributed by atoms with E-state index in [-0.39, 0.29) is 5.54 Å². The number of rotatable bonds is 7. The Hall–Kier alpha value is -0.590. The van der Waals surface area contributed by atoms with Gasteiger partial charge in [0.25, 0.3) is 0 Å². The molecule has 0 bridgehead atoms. The van der Waals surface area contributed by atoms with Crippen LogP contribution in [0.1, 0.15) is 39.0 Å². The SMILES string of the molecule is COCCCCC(C)(C#N)NC1CC1. The van der Waals surface area contributed by atoms with Gasteiger partial charge in [-0.2, -0.15) is 5.26 Å². The van der Waals surface area contributed by atoms with Crippen LogP contribution in [-0.4, -0.2) is 25.3 Å². The van der Waals surface area contributed by atoms with Crippen LogP contribution in [0.2, 0.25) is 0 Å². The molecule has 0 aromatic heterocycles. The minimum atomic E-state index is -0.324. The fraction of sp³-hybridized carbons (Fsp3) is 0.909. The summed E-state index contributed by atoms with van der Waals surface area (Å²) in [5.74, 6) is 0. The Bertz CT molecular complexity index is 208. The van der Waals surface area contributed by atoms with Crippen molar-refractivity contribution in [2.24, 2.45) is 0 Å². The molecular weight excluding hydrogens is 176 g/mol. The van der Waals surface area contributed by atoms with Crippen LogP contribution in [0.3, 0.4) is 0 Å². The molecule has 0 aliphatic heterocycles. The lowest BCUT2D eigenvalue weighted by atomic mass is 9.96. The third-order valence-corrected chi connectivity index (χ3v) is 2.62. The largest absolute Gasteiger partial charge is 0.385 e. The molecule has 1 saturated carbocycles. The van der Waals surface area contributed by atoms with E-state index >= 15 is 0 Å². The van der Waals surface area contributed by atoms with Gasteiger partial charge in [0, 0.05) is 19.8 Å². The molecule has 1 rings (SSSR count). The van der Waals surface area contributed by atoms with E-state index in [0.717, 1.165) is 25.9 Å². The van der Waals surface area contributed by atoms with Gasteiger partial charge in [-0.3, -0.25) is 5.32 Å². The molecule has 0 heterocycles. The van der Waals surface area contributed by atoms with Crippen LogP contribution >= 0.6 is 0 Å². The molecule has 0 spiro atoms. The highest BCUT2D eigenvalue weighted by molar-refractivity contribution is 5.06. The van der Waals surface area contributed by atoms with Gasteiger partial charge < -0.3 is 4.74 Å². The van der Waals surface area contributed by atoms with Gasteiger partial charge >= 0.3 is 0 Å². The summed E-state index contributed by atoms with van der Waals surface area (Å²) in [6.07, 6.45) is 5.48. The Morgan fingerprint density at radius 1 is 1.50 bits per heavy atom. The lowest BCUT2D eigenvalue weighted by Gasteiger charge is -2.23. The first-order valence-electron chi connectivity index (χ1n) is 5.38. The van der Waals surface area contributed by atoms with Gasteiger partial charge in [-0.1, -0.05) is 0 Å². The minimum Gasteiger partial charge on any atom is -0.385 e. The average molecular weight is 196 g/mol. The molecule has 0 aromatic carbocycles. The molecule has 0 radical (unpaired) electrons. The number of nitrogens with zero attached hydrogens (tertiary/aromatic N) is 1. The third kappa shape index (κ3) is 4.08. The van der Waals surface area contributed by atoms with Crippen molar-refractivity contribution in [2.75, 3.05) is 13.7 Å². The molecule has 0 amide bonds. The van der Waals surface area contributed by atoms with Gasteiger partial charge in [0.05, 0.1) is 6.07 Å². The highest BCUT2D eigenvalue weighted by Crippen LogP contribution is 2.24. The van der Waals surface area contributed by atoms with Crippen LogP contribution in [0.5, 0.6) is 0 Å². The first kappa shape index (κ1) is 11.5. The van der Waals surface area contributed by atoms with E-state index < -0.39 is 0 Å². The van der Waals surface area contributed by atoms with Crippen LogP contribution in [0.4, 0.5) is 0 Å². The summed E-state index contributed by atoms with van der Waals surface area (Å²) in [6.45, 7) is 2.79. The summed E-state index contributed by atoms with van der Waals surface area (Å²) in [5, 5.41) is 12.5. The van der Waals surface area contributed by atoms with Crippen LogP contribution in [0.25, 0.3) is 0 Å². The summed E-state index contributed by atoms with van der Waals surface area (Å²) in [4.78, 5) is 0. The van der Waals surface area contributed by atoms with Crippen molar-refractivity contribution in [3.05, 3.63) is 0 Å². The number of hydrogen-bond acceptors (Lipinski definition) is 3. The number of ether oxygens (including phenoxy) is 1. The Morgan fingerprint density at radius 3 is 2.71 bits per heavy atom. The molecule has 3 heteroatoms. The predicted molar refractivity (Wildman–Crippen MR) is 55.9 cm³/mol. The topological polar surface area (TPSA) is 45.0 Å². The van der Waals surface area contributed by atoms with Crippen LogP contribution < -0.4 is 5.32 Å². The van der Waals surface area contributed by atoms with Gasteiger partial charge in [-0.15, -0.1) is 0 Å². The summed E-state index contributed by atoms with van der Waals surface area (Å²) in [5.41, 5.74) is -0.324. The van der Waals surface area contributed by atoms with Crippen LogP contribution in [0, 0.1) is 11.3 Å². The Morgan fingerprint density at radius 2 is 2.21 bits per heavy atom. The van der Waals surface area contributed by atoms with E-state index in [1.165, 1.54) is 12.8 Å². The van der Waals surface area contributed by atoms with Crippen molar-refractivity contribution in [3.8, 4) is 6.07 Å². The summed E-state index contributed by atoms with van der Waals surface area (Å²) in [6, 6.07) is 2.97. The van der Waals surface area contributed by atoms with Crippen molar-refractivity contribution in [1.29, 1.82) is 5.26 Å². The fourth-order valence-corrected chi connectivity index (χ4v) is 1.56. The maximum atomic E-state index is 9.07. The predicted octanol–water partition coefficient (Wildman–Crippen LogP) is 1.84. The average Bonchev–Trinajstić information content (AvgIpc) is 2.96. The quantitative estimate of drug-likeness (QED) is 0.632. The number of nitriles is 1. The Balaban J connectivity index is 2.18. The van der Waals surface area contributed by atoms with E-state index in [1.54, 1.807) is 7.11 Å². The van der Waals surface area contributed by atoms with Crippen molar-refractivity contribution in [2.45, 2.75) is 50.6 Å². The normalized spacial score (nSPS) is 20.1. The third-order valence-electron chi connectivity index (χ3n) is 2.62. The molecule has 1 aliphatic carbocycles. The van der Waals surface area contributed by atoms with E-state index in [1.807, 2.05) is 6.92 Å². The van der Waals surface area contributed by atoms with Crippen LogP contribution in [0.15, 0.2) is 0 Å². The lowest BCUT2D eigenvalue weighted by Crippen LogP contribution is -2.42. The molecule has 1 atom stereocenters. The smallest absolute Gasteiger partial charge is 0.104 e. The highest BCUT2D eigenvalue weighted by Gasteiger charge is 2.31. The fourth-order valence-electron chi connectivity index (χ4n) is 1.56. The molecular formula is C11H20N2O. The van der Waals surface area contributed by atoms with Crippen molar-refractivity contribution < 1.29 is 4.74 Å². The molecule has 3 nitrogen and oxygen atoms in total. The van der Waals surface area contributed by atoms with E-state index in [4.69, 9.17) is 10.00 Å². The Kier molecular flexibility index (Phi) is 4.37. The second-order valence-electron chi connectivity index (χ2n) is 4.31. The standard InChI is InChI=1S/C11H20N2O/c1-11(9-12,13-10-5-6-10)7-3-4-8-14-2/h10,13H,3-8H2,1-2H3. The maximum Gasteiger partial charge on any atom is 0.104 e. The van der Waals surface area contributed by atoms with E-state index in [9.17, 15) is 0 Å². The van der Waals surface area contributed by atoms with Crippen molar-refractivity contribution in [3.63, 3.8) is 0 Å². The number of nitrogens with one attached hydrogen (secondary N) is 1. The maximum absolute atomic E-state index is 9.07. The Labute approximate surface area is 86.4 Å². The second kappa shape index (κ2) is 5.33. The molecule has 0 saturated heterocycles. The monoisotopic (exact) mass is 196 g/mol. The van der Waals surface area contributed by atoms with E-state index in [0.29, 0.717) is 6.04 Å². The summed E-state index contributed by atoms with van der Waals surface area (Å²) >= 11 is 0. The van der Waals surface area contributed by atoms with Gasteiger partial charge in [0.2, 0.25) is 0 Å². The molecule has 80 valence electrons. The molecule has 1 fully saturated rings. The zero-order valence-corrected chi connectivity index (χ0v) is 9.18. The minimum absolute atomic E-state index is 0.324. The first-order valence-corrected chi connectivity index (χ1v) is 5.38. The van der Waals surface area contributed by atoms with Crippen LogP contribution in [-0.2, 0) is 4.74 Å². The van der Waals surface area contributed by atoms with E-state index in [2.05, 4.69) is 11.4 Å². The van der Waals surface area contributed by atoms with Gasteiger partial charge in [-0.25, -0.2) is 0 Å². The summed E-state index contributed by atoms with van der Waals surface area (Å²) < 4.78 is 4.98. The number of unbranched alkanes of at least 4 members (excludes halogenated alkanes) is 1. The van der Waals surface area contributed by atoms with Gasteiger partial charge in [0.1, 0.15) is 5.54 Å². The first-order chi connectivity index (χ1) is 6.70. The van der Waals surface area contributed by atoms with Gasteiger partial charge in [-0.05, 0) is 39.0 Å². The van der Waals surface area contributed by atoms with Crippen molar-refractivity contribution in [1.82, 2.24) is 5.32 Å². The van der Waals surface area contributed by atoms with Gasteiger partial charge in [0.15, 0.2) is 0 Å². The molecule has 1 unspecified atom stereocenters. The lowest BCUT2D eigenvalue weighted by molar-refractivity contribution is 0.189. The highest BCUT2D eigenvalue weighted by atomic mass is 16.5. The molecule has 1 N–H and O–H groups in total.